The number of carboxylic acid groups (broad SMARTS) is 1. The number of carboxylic acids is 1. The van der Waals surface area contributed by atoms with Gasteiger partial charge in [0.1, 0.15) is 6.04 Å². The van der Waals surface area contributed by atoms with Crippen molar-refractivity contribution >= 4 is 16.0 Å². The number of pyridine rings is 1. The number of nitrogens with zero attached hydrogens (tertiary/aromatic N) is 1. The summed E-state index contributed by atoms with van der Waals surface area (Å²) >= 11 is 0. The van der Waals surface area contributed by atoms with Crippen LogP contribution in [-0.2, 0) is 21.2 Å². The second-order valence-electron chi connectivity index (χ2n) is 3.96. The lowest BCUT2D eigenvalue weighted by molar-refractivity contribution is -0.138. The van der Waals surface area contributed by atoms with Gasteiger partial charge in [-0.15, -0.1) is 6.58 Å². The minimum Gasteiger partial charge on any atom is -0.480 e. The van der Waals surface area contributed by atoms with Crippen molar-refractivity contribution in [2.24, 2.45) is 0 Å². The van der Waals surface area contributed by atoms with E-state index >= 15 is 0 Å². The highest BCUT2D eigenvalue weighted by Gasteiger charge is 2.22. The van der Waals surface area contributed by atoms with Gasteiger partial charge in [-0.2, -0.15) is 0 Å². The Balaban J connectivity index is 2.60. The first-order valence-electron chi connectivity index (χ1n) is 5.67. The minimum absolute atomic E-state index is 0.0455. The van der Waals surface area contributed by atoms with Gasteiger partial charge in [0.25, 0.3) is 0 Å². The maximum Gasteiger partial charge on any atom is 0.322 e. The van der Waals surface area contributed by atoms with Crippen LogP contribution in [0.3, 0.4) is 0 Å². The summed E-state index contributed by atoms with van der Waals surface area (Å²) in [4.78, 5) is 14.7. The van der Waals surface area contributed by atoms with E-state index in [-0.39, 0.29) is 12.2 Å². The molecule has 1 aromatic heterocycles. The highest BCUT2D eigenvalue weighted by atomic mass is 32.2. The molecule has 1 heterocycles. The number of sulfonamides is 1. The minimum atomic E-state index is -3.65. The predicted octanol–water partition coefficient (Wildman–Crippen LogP) is 0.573. The zero-order valence-corrected chi connectivity index (χ0v) is 11.1. The standard InChI is InChI=1S/C12H16N2O4S/c1-2-3-11(12(15)16)14-19(17,18)9-6-10-4-7-13-8-5-10/h2,4-5,7-8,11,14H,1,3,6,9H2,(H,15,16). The van der Waals surface area contributed by atoms with E-state index in [2.05, 4.69) is 16.3 Å². The number of hydrogen-bond donors (Lipinski definition) is 2. The van der Waals surface area contributed by atoms with Gasteiger partial charge in [0.2, 0.25) is 10.0 Å². The van der Waals surface area contributed by atoms with Crippen LogP contribution >= 0.6 is 0 Å². The quantitative estimate of drug-likeness (QED) is 0.680. The summed E-state index contributed by atoms with van der Waals surface area (Å²) in [5.74, 6) is -1.38. The van der Waals surface area contributed by atoms with Crippen molar-refractivity contribution in [2.75, 3.05) is 5.75 Å². The van der Waals surface area contributed by atoms with Crippen molar-refractivity contribution in [1.29, 1.82) is 0 Å². The van der Waals surface area contributed by atoms with Crippen molar-refractivity contribution in [1.82, 2.24) is 9.71 Å². The highest BCUT2D eigenvalue weighted by molar-refractivity contribution is 7.89. The Bertz CT molecular complexity index is 528. The molecule has 0 radical (unpaired) electrons. The van der Waals surface area contributed by atoms with Crippen LogP contribution in [0.2, 0.25) is 0 Å². The van der Waals surface area contributed by atoms with E-state index in [1.165, 1.54) is 6.08 Å². The summed E-state index contributed by atoms with van der Waals surface area (Å²) in [6.45, 7) is 3.40. The molecule has 0 amide bonds. The molecule has 0 aromatic carbocycles. The molecule has 7 heteroatoms. The fraction of sp³-hybridized carbons (Fsp3) is 0.333. The van der Waals surface area contributed by atoms with E-state index in [0.29, 0.717) is 6.42 Å². The number of aliphatic carboxylic acids is 1. The molecular weight excluding hydrogens is 268 g/mol. The average Bonchev–Trinajstić information content (AvgIpc) is 2.37. The summed E-state index contributed by atoms with van der Waals surface area (Å²) < 4.78 is 25.7. The number of hydrogen-bond acceptors (Lipinski definition) is 4. The van der Waals surface area contributed by atoms with E-state index in [4.69, 9.17) is 5.11 Å². The van der Waals surface area contributed by atoms with Gasteiger partial charge in [-0.25, -0.2) is 13.1 Å². The topological polar surface area (TPSA) is 96.4 Å². The van der Waals surface area contributed by atoms with Gasteiger partial charge < -0.3 is 5.11 Å². The highest BCUT2D eigenvalue weighted by Crippen LogP contribution is 2.02. The summed E-state index contributed by atoms with van der Waals surface area (Å²) in [6.07, 6.45) is 4.87. The number of aromatic nitrogens is 1. The van der Waals surface area contributed by atoms with Crippen LogP contribution in [0.15, 0.2) is 37.2 Å². The molecule has 104 valence electrons. The fourth-order valence-corrected chi connectivity index (χ4v) is 2.70. The van der Waals surface area contributed by atoms with Gasteiger partial charge in [0.15, 0.2) is 0 Å². The molecule has 0 bridgehead atoms. The van der Waals surface area contributed by atoms with Crippen molar-refractivity contribution in [3.63, 3.8) is 0 Å². The molecule has 0 fully saturated rings. The van der Waals surface area contributed by atoms with Gasteiger partial charge in [-0.05, 0) is 30.5 Å². The van der Waals surface area contributed by atoms with Crippen LogP contribution in [0.4, 0.5) is 0 Å². The van der Waals surface area contributed by atoms with Gasteiger partial charge >= 0.3 is 5.97 Å². The molecule has 6 nitrogen and oxygen atoms in total. The third-order valence-electron chi connectivity index (χ3n) is 2.43. The van der Waals surface area contributed by atoms with Crippen LogP contribution in [0, 0.1) is 0 Å². The molecular formula is C12H16N2O4S. The number of aryl methyl sites for hydroxylation is 1. The zero-order chi connectivity index (χ0) is 14.3. The largest absolute Gasteiger partial charge is 0.480 e. The van der Waals surface area contributed by atoms with Crippen molar-refractivity contribution in [3.05, 3.63) is 42.7 Å². The summed E-state index contributed by atoms with van der Waals surface area (Å²) in [7, 11) is -3.65. The molecule has 0 aliphatic rings. The molecule has 1 rings (SSSR count). The van der Waals surface area contributed by atoms with Crippen LogP contribution in [0.25, 0.3) is 0 Å². The molecule has 0 spiro atoms. The fourth-order valence-electron chi connectivity index (χ4n) is 1.44. The second-order valence-corrected chi connectivity index (χ2v) is 5.83. The third-order valence-corrected chi connectivity index (χ3v) is 3.82. The second kappa shape index (κ2) is 7.01. The summed E-state index contributed by atoms with van der Waals surface area (Å²) in [5, 5.41) is 8.87. The molecule has 19 heavy (non-hydrogen) atoms. The molecule has 2 N–H and O–H groups in total. The molecule has 0 saturated heterocycles. The van der Waals surface area contributed by atoms with Crippen molar-refractivity contribution in [3.8, 4) is 0 Å². The Morgan fingerprint density at radius 2 is 2.11 bits per heavy atom. The van der Waals surface area contributed by atoms with E-state index in [0.717, 1.165) is 5.56 Å². The van der Waals surface area contributed by atoms with E-state index in [1.54, 1.807) is 24.5 Å². The maximum absolute atomic E-state index is 11.8. The van der Waals surface area contributed by atoms with E-state index in [9.17, 15) is 13.2 Å². The first-order chi connectivity index (χ1) is 8.94. The van der Waals surface area contributed by atoms with E-state index in [1.807, 2.05) is 0 Å². The van der Waals surface area contributed by atoms with Crippen LogP contribution in [0.1, 0.15) is 12.0 Å². The van der Waals surface area contributed by atoms with E-state index < -0.39 is 22.0 Å². The Hall–Kier alpha value is -1.73. The molecule has 1 aromatic rings. The lowest BCUT2D eigenvalue weighted by Crippen LogP contribution is -2.41. The average molecular weight is 284 g/mol. The first-order valence-corrected chi connectivity index (χ1v) is 7.32. The van der Waals surface area contributed by atoms with Crippen molar-refractivity contribution < 1.29 is 18.3 Å². The maximum atomic E-state index is 11.8. The number of nitrogens with one attached hydrogen (secondary N) is 1. The molecule has 0 saturated carbocycles. The Morgan fingerprint density at radius 1 is 1.47 bits per heavy atom. The molecule has 0 aliphatic carbocycles. The normalized spacial score (nSPS) is 12.8. The lowest BCUT2D eigenvalue weighted by atomic mass is 10.2. The number of carbonyl (C=O) groups is 1. The molecule has 0 aliphatic heterocycles. The van der Waals surface area contributed by atoms with Crippen LogP contribution < -0.4 is 4.72 Å². The van der Waals surface area contributed by atoms with Crippen LogP contribution in [0.5, 0.6) is 0 Å². The Morgan fingerprint density at radius 3 is 2.63 bits per heavy atom. The molecule has 1 unspecified atom stereocenters. The van der Waals surface area contributed by atoms with Gasteiger partial charge in [0, 0.05) is 12.4 Å². The van der Waals surface area contributed by atoms with Gasteiger partial charge in [-0.3, -0.25) is 9.78 Å². The molecule has 1 atom stereocenters. The van der Waals surface area contributed by atoms with Gasteiger partial charge in [-0.1, -0.05) is 6.08 Å². The van der Waals surface area contributed by atoms with Crippen molar-refractivity contribution in [2.45, 2.75) is 18.9 Å². The van der Waals surface area contributed by atoms with Crippen LogP contribution in [-0.4, -0.2) is 36.3 Å². The first kappa shape index (κ1) is 15.3. The lowest BCUT2D eigenvalue weighted by Gasteiger charge is -2.12. The Kier molecular flexibility index (Phi) is 5.65. The zero-order valence-electron chi connectivity index (χ0n) is 10.3. The smallest absolute Gasteiger partial charge is 0.322 e. The SMILES string of the molecule is C=CCC(NS(=O)(=O)CCc1ccncc1)C(=O)O. The predicted molar refractivity (Wildman–Crippen MR) is 71.1 cm³/mol. The summed E-state index contributed by atoms with van der Waals surface area (Å²) in [6, 6.07) is 2.27. The number of rotatable bonds is 8. The monoisotopic (exact) mass is 284 g/mol. The summed E-state index contributed by atoms with van der Waals surface area (Å²) in [5.41, 5.74) is 0.830. The van der Waals surface area contributed by atoms with Gasteiger partial charge in [0.05, 0.1) is 5.75 Å². The third kappa shape index (κ3) is 5.62. The Labute approximate surface area is 112 Å².